The molecule has 2 aromatic heterocycles. The number of likely N-dealkylation sites (N-methyl/N-ethyl adjacent to an activating group) is 2. The maximum Gasteiger partial charge on any atom is 0.158 e. The van der Waals surface area contributed by atoms with E-state index < -0.39 is 0 Å². The van der Waals surface area contributed by atoms with Crippen LogP contribution in [0.25, 0.3) is 5.65 Å². The van der Waals surface area contributed by atoms with Crippen molar-refractivity contribution in [1.29, 1.82) is 0 Å². The predicted octanol–water partition coefficient (Wildman–Crippen LogP) is 3.29. The first-order valence-electron chi connectivity index (χ1n) is 13.2. The fourth-order valence-electron chi connectivity index (χ4n) is 5.47. The average Bonchev–Trinajstić information content (AvgIpc) is 3.22. The molecule has 192 valence electrons. The molecule has 8 nitrogen and oxygen atoms in total. The molecule has 0 amide bonds. The molecule has 4 rings (SSSR count). The predicted molar refractivity (Wildman–Crippen MR) is 141 cm³/mol. The molecule has 2 fully saturated rings. The topological polar surface area (TPSA) is 70.0 Å². The molecule has 1 saturated heterocycles. The molecule has 0 spiro atoms. The molecule has 2 N–H and O–H groups in total. The number of nitrogens with zero attached hydrogens (tertiary/aromatic N) is 5. The molecule has 0 radical (unpaired) electrons. The lowest BCUT2D eigenvalue weighted by Crippen LogP contribution is -2.41. The fraction of sp³-hybridized carbons (Fsp3) is 0.630. The van der Waals surface area contributed by atoms with E-state index in [1.54, 1.807) is 10.8 Å². The van der Waals surface area contributed by atoms with Gasteiger partial charge in [-0.15, -0.1) is 0 Å². The smallest absolute Gasteiger partial charge is 0.158 e. The van der Waals surface area contributed by atoms with E-state index in [1.807, 2.05) is 25.4 Å². The number of fused-ring (bicyclic) bond motifs is 1. The van der Waals surface area contributed by atoms with E-state index in [0.717, 1.165) is 69.0 Å². The SMILES string of the molecule is C=C(N[C@H]1CCC(Oc2ccn3ncnc3c2)C(C)C1)/C(NC)=C(/CC)CN1CCCN(C)CC1. The third-order valence-electron chi connectivity index (χ3n) is 7.57. The second kappa shape index (κ2) is 11.9. The van der Waals surface area contributed by atoms with Gasteiger partial charge in [-0.2, -0.15) is 5.10 Å². The van der Waals surface area contributed by atoms with Crippen molar-refractivity contribution in [1.82, 2.24) is 35.0 Å². The lowest BCUT2D eigenvalue weighted by molar-refractivity contribution is 0.0895. The van der Waals surface area contributed by atoms with Gasteiger partial charge in [0.1, 0.15) is 18.2 Å². The largest absolute Gasteiger partial charge is 0.490 e. The Balaban J connectivity index is 1.33. The van der Waals surface area contributed by atoms with E-state index in [-0.39, 0.29) is 6.10 Å². The highest BCUT2D eigenvalue weighted by Gasteiger charge is 2.30. The highest BCUT2D eigenvalue weighted by Crippen LogP contribution is 2.30. The molecule has 0 bridgehead atoms. The zero-order valence-corrected chi connectivity index (χ0v) is 22.0. The van der Waals surface area contributed by atoms with E-state index in [2.05, 4.69) is 58.0 Å². The standard InChI is InChI=1S/C27H43N7O/c1-6-22(18-33-12-7-11-32(5)14-15-33)27(28-4)21(3)31-23-8-9-25(20(2)16-23)35-24-10-13-34-26(17-24)29-19-30-34/h10,13,17,19-20,23,25,28,31H,3,6-9,11-12,14-16,18H2,1-2,4-5H3/b27-22+/t20?,23-,25?/m0/s1. The molecular weight excluding hydrogens is 438 g/mol. The minimum atomic E-state index is 0.207. The van der Waals surface area contributed by atoms with Crippen molar-refractivity contribution in [3.8, 4) is 5.75 Å². The summed E-state index contributed by atoms with van der Waals surface area (Å²) in [6.07, 6.45) is 9.08. The van der Waals surface area contributed by atoms with Crippen LogP contribution in [0.3, 0.4) is 0 Å². The maximum atomic E-state index is 6.36. The van der Waals surface area contributed by atoms with Crippen LogP contribution in [-0.4, -0.2) is 83.4 Å². The van der Waals surface area contributed by atoms with Gasteiger partial charge >= 0.3 is 0 Å². The number of pyridine rings is 1. The summed E-state index contributed by atoms with van der Waals surface area (Å²) in [6.45, 7) is 14.6. The van der Waals surface area contributed by atoms with Gasteiger partial charge < -0.3 is 20.3 Å². The van der Waals surface area contributed by atoms with E-state index in [4.69, 9.17) is 4.74 Å². The zero-order chi connectivity index (χ0) is 24.8. The van der Waals surface area contributed by atoms with Crippen LogP contribution in [0.4, 0.5) is 0 Å². The molecule has 2 aromatic rings. The van der Waals surface area contributed by atoms with Crippen LogP contribution in [-0.2, 0) is 0 Å². The summed E-state index contributed by atoms with van der Waals surface area (Å²) in [4.78, 5) is 9.29. The molecule has 35 heavy (non-hydrogen) atoms. The highest BCUT2D eigenvalue weighted by molar-refractivity contribution is 5.42. The number of nitrogens with one attached hydrogen (secondary N) is 2. The first-order valence-corrected chi connectivity index (χ1v) is 13.2. The maximum absolute atomic E-state index is 6.36. The summed E-state index contributed by atoms with van der Waals surface area (Å²) in [5.41, 5.74) is 4.44. The molecule has 3 atom stereocenters. The van der Waals surface area contributed by atoms with Gasteiger partial charge in [-0.1, -0.05) is 20.4 Å². The lowest BCUT2D eigenvalue weighted by Gasteiger charge is -2.36. The van der Waals surface area contributed by atoms with Crippen LogP contribution < -0.4 is 15.4 Å². The first kappa shape index (κ1) is 25.5. The Labute approximate surface area is 210 Å². The molecule has 0 aromatic carbocycles. The van der Waals surface area contributed by atoms with Crippen LogP contribution in [0.15, 0.2) is 48.2 Å². The minimum Gasteiger partial charge on any atom is -0.490 e. The molecule has 1 aliphatic carbocycles. The van der Waals surface area contributed by atoms with E-state index in [0.29, 0.717) is 12.0 Å². The quantitative estimate of drug-likeness (QED) is 0.533. The molecule has 8 heteroatoms. The molecular formula is C27H43N7O. The number of aromatic nitrogens is 3. The van der Waals surface area contributed by atoms with Crippen molar-refractivity contribution in [3.05, 3.63) is 48.2 Å². The minimum absolute atomic E-state index is 0.207. The Morgan fingerprint density at radius 3 is 2.86 bits per heavy atom. The van der Waals surface area contributed by atoms with Crippen molar-refractivity contribution in [2.75, 3.05) is 46.8 Å². The Kier molecular flexibility index (Phi) is 8.68. The Bertz CT molecular complexity index is 1020. The molecule has 1 aliphatic heterocycles. The van der Waals surface area contributed by atoms with Gasteiger partial charge in [0.05, 0.1) is 11.4 Å². The van der Waals surface area contributed by atoms with Crippen molar-refractivity contribution >= 4 is 5.65 Å². The van der Waals surface area contributed by atoms with E-state index >= 15 is 0 Å². The number of hydrogen-bond acceptors (Lipinski definition) is 7. The Morgan fingerprint density at radius 1 is 1.23 bits per heavy atom. The van der Waals surface area contributed by atoms with E-state index in [1.165, 1.54) is 24.2 Å². The van der Waals surface area contributed by atoms with Crippen molar-refractivity contribution in [2.45, 2.75) is 58.1 Å². The highest BCUT2D eigenvalue weighted by atomic mass is 16.5. The number of rotatable bonds is 9. The zero-order valence-electron chi connectivity index (χ0n) is 22.0. The second-order valence-corrected chi connectivity index (χ2v) is 10.2. The summed E-state index contributed by atoms with van der Waals surface area (Å²) >= 11 is 0. The summed E-state index contributed by atoms with van der Waals surface area (Å²) in [5.74, 6) is 1.32. The van der Waals surface area contributed by atoms with Gasteiger partial charge in [0.2, 0.25) is 0 Å². The molecule has 2 unspecified atom stereocenters. The van der Waals surface area contributed by atoms with Crippen LogP contribution >= 0.6 is 0 Å². The van der Waals surface area contributed by atoms with Crippen molar-refractivity contribution in [3.63, 3.8) is 0 Å². The average molecular weight is 482 g/mol. The van der Waals surface area contributed by atoms with Gasteiger partial charge in [-0.3, -0.25) is 4.90 Å². The molecule has 1 saturated carbocycles. The number of hydrogen-bond donors (Lipinski definition) is 2. The normalized spacial score (nSPS) is 25.1. The summed E-state index contributed by atoms with van der Waals surface area (Å²) < 4.78 is 8.12. The van der Waals surface area contributed by atoms with Crippen LogP contribution in [0.1, 0.15) is 46.0 Å². The van der Waals surface area contributed by atoms with Crippen LogP contribution in [0.2, 0.25) is 0 Å². The van der Waals surface area contributed by atoms with Crippen molar-refractivity contribution in [2.24, 2.45) is 5.92 Å². The van der Waals surface area contributed by atoms with Crippen molar-refractivity contribution < 1.29 is 4.74 Å². The summed E-state index contributed by atoms with van der Waals surface area (Å²) in [5, 5.41) is 11.4. The molecule has 2 aliphatic rings. The summed E-state index contributed by atoms with van der Waals surface area (Å²) in [6, 6.07) is 4.34. The van der Waals surface area contributed by atoms with Gasteiger partial charge in [-0.25, -0.2) is 9.50 Å². The third-order valence-corrected chi connectivity index (χ3v) is 7.57. The molecule has 3 heterocycles. The monoisotopic (exact) mass is 481 g/mol. The third kappa shape index (κ3) is 6.55. The van der Waals surface area contributed by atoms with Gasteiger partial charge in [-0.05, 0) is 69.8 Å². The van der Waals surface area contributed by atoms with Gasteiger partial charge in [0.15, 0.2) is 5.65 Å². The van der Waals surface area contributed by atoms with Crippen LogP contribution in [0.5, 0.6) is 5.75 Å². The fourth-order valence-corrected chi connectivity index (χ4v) is 5.47. The second-order valence-electron chi connectivity index (χ2n) is 10.2. The van der Waals surface area contributed by atoms with E-state index in [9.17, 15) is 0 Å². The number of ether oxygens (including phenoxy) is 1. The summed E-state index contributed by atoms with van der Waals surface area (Å²) in [7, 11) is 4.24. The van der Waals surface area contributed by atoms with Crippen LogP contribution in [0, 0.1) is 5.92 Å². The lowest BCUT2D eigenvalue weighted by atomic mass is 9.84. The van der Waals surface area contributed by atoms with Gasteiger partial charge in [0, 0.05) is 45.0 Å². The Hall–Kier alpha value is -2.58. The first-order chi connectivity index (χ1) is 17.0. The van der Waals surface area contributed by atoms with Gasteiger partial charge in [0.25, 0.3) is 0 Å². The Morgan fingerprint density at radius 2 is 2.09 bits per heavy atom.